The first kappa shape index (κ1) is 40.1. The first-order valence-electron chi connectivity index (χ1n) is 16.8. The zero-order chi connectivity index (χ0) is 38.1. The van der Waals surface area contributed by atoms with Gasteiger partial charge in [0.15, 0.2) is 5.82 Å². The Bertz CT molecular complexity index is 1710. The molecule has 1 fully saturated rings. The van der Waals surface area contributed by atoms with Crippen LogP contribution >= 0.6 is 0 Å². The molecule has 1 aromatic carbocycles. The van der Waals surface area contributed by atoms with Crippen molar-refractivity contribution in [3.8, 4) is 23.1 Å². The van der Waals surface area contributed by atoms with Crippen LogP contribution in [0.4, 0.5) is 42.2 Å². The fourth-order valence-electron chi connectivity index (χ4n) is 6.35. The van der Waals surface area contributed by atoms with Crippen molar-refractivity contribution in [2.45, 2.75) is 84.7 Å². The number of nitrogens with one attached hydrogen (secondary N) is 2. The number of hydrogen-bond acceptors (Lipinski definition) is 10. The standard InChI is InChI=1S/C32H40F7N7O3.C2H6/c1-15-9-17(3)49-28-21-26(24(34)25(43-28)19-10-20(40)23(33)18(4)22(19)32(37,38)39)44-29(45-27(21)41-11-16(2)42-15)48-14-30(12-31(30,35)36)13-46(5)7-8-47-6;1-2/h10,15-17,42H,7-9,11-14,40H2,1-6H3,(H,41,44,45);1-2H3. The molecule has 2 aromatic heterocycles. The summed E-state index contributed by atoms with van der Waals surface area (Å²) in [6, 6.07) is -0.0656. The second-order valence-corrected chi connectivity index (χ2v) is 13.2. The Kier molecular flexibility index (Phi) is 12.2. The van der Waals surface area contributed by atoms with Crippen LogP contribution in [0.25, 0.3) is 22.2 Å². The van der Waals surface area contributed by atoms with Crippen molar-refractivity contribution in [3.05, 3.63) is 28.8 Å². The Labute approximate surface area is 292 Å². The van der Waals surface area contributed by atoms with Gasteiger partial charge in [-0.3, -0.25) is 0 Å². The molecule has 4 N–H and O–H groups in total. The molecule has 0 spiro atoms. The van der Waals surface area contributed by atoms with Crippen LogP contribution in [0.2, 0.25) is 0 Å². The van der Waals surface area contributed by atoms with Gasteiger partial charge in [0.05, 0.1) is 29.4 Å². The highest BCUT2D eigenvalue weighted by atomic mass is 19.4. The maximum absolute atomic E-state index is 16.7. The number of hydrogen-bond donors (Lipinski definition) is 3. The van der Waals surface area contributed by atoms with Gasteiger partial charge in [-0.1, -0.05) is 13.8 Å². The molecule has 17 heteroatoms. The molecule has 4 unspecified atom stereocenters. The van der Waals surface area contributed by atoms with E-state index in [1.54, 1.807) is 18.9 Å². The number of aromatic nitrogens is 3. The predicted molar refractivity (Wildman–Crippen MR) is 180 cm³/mol. The lowest BCUT2D eigenvalue weighted by atomic mass is 9.96. The van der Waals surface area contributed by atoms with Crippen LogP contribution in [-0.4, -0.2) is 91.0 Å². The van der Waals surface area contributed by atoms with E-state index in [0.717, 1.165) is 6.92 Å². The van der Waals surface area contributed by atoms with Gasteiger partial charge in [-0.05, 0) is 52.8 Å². The number of anilines is 2. The summed E-state index contributed by atoms with van der Waals surface area (Å²) < 4.78 is 121. The monoisotopic (exact) mass is 733 g/mol. The number of likely N-dealkylation sites (N-methyl/N-ethyl adjacent to an activating group) is 1. The minimum absolute atomic E-state index is 0.0389. The molecule has 3 aromatic rings. The van der Waals surface area contributed by atoms with Crippen LogP contribution in [0.3, 0.4) is 0 Å². The molecule has 10 nitrogen and oxygen atoms in total. The minimum Gasteiger partial charge on any atom is -0.474 e. The van der Waals surface area contributed by atoms with E-state index >= 15 is 4.39 Å². The number of nitrogens with two attached hydrogens (primary N) is 1. The zero-order valence-electron chi connectivity index (χ0n) is 30.0. The Morgan fingerprint density at radius 1 is 1.08 bits per heavy atom. The van der Waals surface area contributed by atoms with E-state index < -0.39 is 87.9 Å². The van der Waals surface area contributed by atoms with Gasteiger partial charge in [-0.25, -0.2) is 22.5 Å². The second-order valence-electron chi connectivity index (χ2n) is 13.2. The van der Waals surface area contributed by atoms with Gasteiger partial charge < -0.3 is 35.5 Å². The first-order valence-corrected chi connectivity index (χ1v) is 16.8. The summed E-state index contributed by atoms with van der Waals surface area (Å²) in [4.78, 5) is 14.5. The molecule has 4 atom stereocenters. The van der Waals surface area contributed by atoms with E-state index in [4.69, 9.17) is 19.9 Å². The molecule has 1 aliphatic carbocycles. The van der Waals surface area contributed by atoms with Crippen LogP contribution in [0.5, 0.6) is 11.9 Å². The van der Waals surface area contributed by atoms with Crippen molar-refractivity contribution < 1.29 is 44.9 Å². The number of rotatable bonds is 9. The smallest absolute Gasteiger partial charge is 0.417 e. The summed E-state index contributed by atoms with van der Waals surface area (Å²) in [7, 11) is 3.16. The number of methoxy groups -OCH3 is 1. The van der Waals surface area contributed by atoms with Crippen LogP contribution < -0.4 is 25.8 Å². The molecule has 0 radical (unpaired) electrons. The van der Waals surface area contributed by atoms with Crippen LogP contribution in [0.15, 0.2) is 6.07 Å². The molecule has 2 aliphatic rings. The Morgan fingerprint density at radius 3 is 2.35 bits per heavy atom. The maximum atomic E-state index is 16.7. The van der Waals surface area contributed by atoms with E-state index in [9.17, 15) is 26.3 Å². The van der Waals surface area contributed by atoms with Gasteiger partial charge in [0.2, 0.25) is 5.88 Å². The Morgan fingerprint density at radius 2 is 1.75 bits per heavy atom. The number of benzene rings is 1. The summed E-state index contributed by atoms with van der Waals surface area (Å²) in [5.74, 6) is -6.04. The maximum Gasteiger partial charge on any atom is 0.417 e. The summed E-state index contributed by atoms with van der Waals surface area (Å²) in [5.41, 5.74) is -1.08. The van der Waals surface area contributed by atoms with Gasteiger partial charge in [-0.2, -0.15) is 23.1 Å². The summed E-state index contributed by atoms with van der Waals surface area (Å²) in [6.45, 7) is 10.8. The van der Waals surface area contributed by atoms with Crippen molar-refractivity contribution in [1.82, 2.24) is 25.2 Å². The Balaban J connectivity index is 0.00000286. The van der Waals surface area contributed by atoms with Gasteiger partial charge >= 0.3 is 12.2 Å². The van der Waals surface area contributed by atoms with E-state index in [1.165, 1.54) is 7.11 Å². The normalized spacial score (nSPS) is 23.1. The van der Waals surface area contributed by atoms with E-state index in [2.05, 4.69) is 25.6 Å². The van der Waals surface area contributed by atoms with Gasteiger partial charge in [0, 0.05) is 50.8 Å². The summed E-state index contributed by atoms with van der Waals surface area (Å²) in [6.07, 6.45) is -5.75. The predicted octanol–water partition coefficient (Wildman–Crippen LogP) is 6.84. The third kappa shape index (κ3) is 8.52. The highest BCUT2D eigenvalue weighted by Gasteiger charge is 2.71. The fourth-order valence-corrected chi connectivity index (χ4v) is 6.35. The number of nitrogens with zero attached hydrogens (tertiary/aromatic N) is 4. The largest absolute Gasteiger partial charge is 0.474 e. The molecule has 5 rings (SSSR count). The third-order valence-corrected chi connectivity index (χ3v) is 8.88. The van der Waals surface area contributed by atoms with Gasteiger partial charge in [0.25, 0.3) is 5.92 Å². The van der Waals surface area contributed by atoms with Crippen molar-refractivity contribution >= 4 is 22.4 Å². The number of alkyl halides is 5. The number of pyridine rings is 1. The van der Waals surface area contributed by atoms with Crippen LogP contribution in [-0.2, 0) is 10.9 Å². The second kappa shape index (κ2) is 15.5. The molecule has 3 heterocycles. The molecular formula is C34H46F7N7O3. The van der Waals surface area contributed by atoms with Crippen LogP contribution in [0.1, 0.15) is 58.6 Å². The first-order chi connectivity index (χ1) is 23.9. The average molecular weight is 734 g/mol. The average Bonchev–Trinajstić information content (AvgIpc) is 3.60. The molecule has 51 heavy (non-hydrogen) atoms. The number of ether oxygens (including phenoxy) is 3. The van der Waals surface area contributed by atoms with Crippen LogP contribution in [0, 0.1) is 24.0 Å². The Hall–Kier alpha value is -3.70. The molecular weight excluding hydrogens is 687 g/mol. The molecule has 1 saturated carbocycles. The lowest BCUT2D eigenvalue weighted by molar-refractivity contribution is -0.137. The van der Waals surface area contributed by atoms with E-state index in [1.807, 2.05) is 27.7 Å². The molecule has 0 bridgehead atoms. The number of nitrogen functional groups attached to an aromatic ring is 1. The van der Waals surface area contributed by atoms with E-state index in [0.29, 0.717) is 25.6 Å². The van der Waals surface area contributed by atoms with E-state index in [-0.39, 0.29) is 42.3 Å². The minimum atomic E-state index is -5.13. The SMILES string of the molecule is CC.COCCN(C)CC1(COc2nc3c4c(nc(-c5cc(N)c(F)c(C)c5C(F)(F)F)c(F)c4n2)OC(C)CC(C)NC(C)CN3)CC1(F)F. The number of halogens is 7. The van der Waals surface area contributed by atoms with Crippen molar-refractivity contribution in [2.75, 3.05) is 58.1 Å². The third-order valence-electron chi connectivity index (χ3n) is 8.88. The fraction of sp³-hybridized carbons (Fsp3) is 0.618. The van der Waals surface area contributed by atoms with Crippen molar-refractivity contribution in [2.24, 2.45) is 5.41 Å². The molecule has 284 valence electrons. The highest BCUT2D eigenvalue weighted by Crippen LogP contribution is 2.60. The topological polar surface area (TPSA) is 120 Å². The summed E-state index contributed by atoms with van der Waals surface area (Å²) >= 11 is 0. The molecule has 1 aliphatic heterocycles. The quantitative estimate of drug-likeness (QED) is 0.159. The molecule has 0 amide bonds. The zero-order valence-corrected chi connectivity index (χ0v) is 30.0. The lowest BCUT2D eigenvalue weighted by Crippen LogP contribution is -2.40. The van der Waals surface area contributed by atoms with Gasteiger partial charge in [0.1, 0.15) is 34.8 Å². The van der Waals surface area contributed by atoms with Crippen molar-refractivity contribution in [1.29, 1.82) is 0 Å². The highest BCUT2D eigenvalue weighted by molar-refractivity contribution is 5.96. The lowest BCUT2D eigenvalue weighted by Gasteiger charge is -2.24. The van der Waals surface area contributed by atoms with Crippen molar-refractivity contribution in [3.63, 3.8) is 0 Å². The summed E-state index contributed by atoms with van der Waals surface area (Å²) in [5, 5.41) is 6.36. The molecule has 0 saturated heterocycles. The van der Waals surface area contributed by atoms with Gasteiger partial charge in [-0.15, -0.1) is 0 Å².